The van der Waals surface area contributed by atoms with E-state index in [1.165, 1.54) is 0 Å². The summed E-state index contributed by atoms with van der Waals surface area (Å²) in [5.41, 5.74) is 7.96. The summed E-state index contributed by atoms with van der Waals surface area (Å²) in [5, 5.41) is 13.2. The molecule has 132 valence electrons. The van der Waals surface area contributed by atoms with Crippen LogP contribution in [0.5, 0.6) is 5.75 Å². The van der Waals surface area contributed by atoms with Crippen LogP contribution >= 0.6 is 0 Å². The molecule has 5 nitrogen and oxygen atoms in total. The summed E-state index contributed by atoms with van der Waals surface area (Å²) in [7, 11) is 0. The van der Waals surface area contributed by atoms with Crippen LogP contribution in [0.4, 0.5) is 5.69 Å². The van der Waals surface area contributed by atoms with Crippen molar-refractivity contribution in [2.75, 3.05) is 18.0 Å². The van der Waals surface area contributed by atoms with Gasteiger partial charge in [-0.05, 0) is 43.0 Å². The quantitative estimate of drug-likeness (QED) is 0.753. The molecule has 25 heavy (non-hydrogen) atoms. The Morgan fingerprint density at radius 3 is 2.64 bits per heavy atom. The number of phenols is 1. The first-order chi connectivity index (χ1) is 12.1. The lowest BCUT2D eigenvalue weighted by molar-refractivity contribution is -0.121. The Hall–Kier alpha value is -2.37. The summed E-state index contributed by atoms with van der Waals surface area (Å²) in [6, 6.07) is 16.6. The largest absolute Gasteiger partial charge is 0.508 e. The number of carbonyl (C=O) groups is 1. The lowest BCUT2D eigenvalue weighted by atomic mass is 10.0. The predicted octanol–water partition coefficient (Wildman–Crippen LogP) is 2.05. The molecule has 1 amide bonds. The molecule has 5 heteroatoms. The van der Waals surface area contributed by atoms with Crippen LogP contribution in [0.3, 0.4) is 0 Å². The van der Waals surface area contributed by atoms with E-state index >= 15 is 0 Å². The van der Waals surface area contributed by atoms with E-state index in [-0.39, 0.29) is 23.7 Å². The second-order valence-corrected chi connectivity index (χ2v) is 6.52. The molecule has 2 unspecified atom stereocenters. The maximum Gasteiger partial charge on any atom is 0.244 e. The van der Waals surface area contributed by atoms with Crippen molar-refractivity contribution in [3.8, 4) is 5.75 Å². The summed E-state index contributed by atoms with van der Waals surface area (Å²) >= 11 is 0. The highest BCUT2D eigenvalue weighted by Crippen LogP contribution is 2.21. The smallest absolute Gasteiger partial charge is 0.244 e. The number of piperidine rings is 1. The number of anilines is 1. The summed E-state index contributed by atoms with van der Waals surface area (Å²) < 4.78 is 0. The molecule has 0 aromatic heterocycles. The fourth-order valence-corrected chi connectivity index (χ4v) is 3.26. The van der Waals surface area contributed by atoms with Gasteiger partial charge in [-0.3, -0.25) is 4.79 Å². The van der Waals surface area contributed by atoms with Gasteiger partial charge in [0.25, 0.3) is 0 Å². The van der Waals surface area contributed by atoms with Crippen LogP contribution in [0.15, 0.2) is 54.6 Å². The van der Waals surface area contributed by atoms with E-state index in [1.54, 1.807) is 12.1 Å². The van der Waals surface area contributed by atoms with Crippen LogP contribution < -0.4 is 16.0 Å². The topological polar surface area (TPSA) is 78.6 Å². The number of rotatable bonds is 6. The van der Waals surface area contributed by atoms with Gasteiger partial charge in [-0.15, -0.1) is 0 Å². The molecule has 3 rings (SSSR count). The number of hydrogen-bond donors (Lipinski definition) is 3. The van der Waals surface area contributed by atoms with Crippen LogP contribution in [0.2, 0.25) is 0 Å². The van der Waals surface area contributed by atoms with Gasteiger partial charge in [0.15, 0.2) is 0 Å². The van der Waals surface area contributed by atoms with Gasteiger partial charge in [-0.2, -0.15) is 0 Å². The van der Waals surface area contributed by atoms with E-state index < -0.39 is 0 Å². The predicted molar refractivity (Wildman–Crippen MR) is 99.6 cm³/mol. The van der Waals surface area contributed by atoms with Gasteiger partial charge >= 0.3 is 0 Å². The second-order valence-electron chi connectivity index (χ2n) is 6.52. The zero-order valence-corrected chi connectivity index (χ0v) is 14.3. The molecule has 0 bridgehead atoms. The number of carbonyl (C=O) groups excluding carboxylic acids is 1. The lowest BCUT2D eigenvalue weighted by Crippen LogP contribution is -2.53. The van der Waals surface area contributed by atoms with Gasteiger partial charge in [0, 0.05) is 24.8 Å². The second kappa shape index (κ2) is 8.14. The number of nitrogens with two attached hydrogens (primary N) is 1. The van der Waals surface area contributed by atoms with E-state index in [4.69, 9.17) is 5.73 Å². The minimum Gasteiger partial charge on any atom is -0.508 e. The van der Waals surface area contributed by atoms with Crippen LogP contribution in [0.1, 0.15) is 18.4 Å². The third kappa shape index (κ3) is 4.38. The molecule has 0 aliphatic carbocycles. The molecule has 1 aliphatic heterocycles. The number of nitrogens with zero attached hydrogens (tertiary/aromatic N) is 1. The Kier molecular flexibility index (Phi) is 5.68. The third-order valence-corrected chi connectivity index (χ3v) is 4.61. The Balaban J connectivity index is 1.55. The molecule has 0 spiro atoms. The van der Waals surface area contributed by atoms with E-state index in [1.807, 2.05) is 47.4 Å². The molecule has 0 saturated carbocycles. The Morgan fingerprint density at radius 2 is 1.88 bits per heavy atom. The molecular weight excluding hydrogens is 314 g/mol. The van der Waals surface area contributed by atoms with Gasteiger partial charge in [-0.1, -0.05) is 36.4 Å². The Morgan fingerprint density at radius 1 is 1.16 bits per heavy atom. The molecular formula is C20H25N3O2. The highest BCUT2D eigenvalue weighted by Gasteiger charge is 2.29. The third-order valence-electron chi connectivity index (χ3n) is 4.61. The first-order valence-corrected chi connectivity index (χ1v) is 8.77. The number of amides is 1. The number of para-hydroxylation sites is 2. The Labute approximate surface area is 148 Å². The van der Waals surface area contributed by atoms with E-state index in [0.29, 0.717) is 13.0 Å². The van der Waals surface area contributed by atoms with E-state index in [0.717, 1.165) is 30.6 Å². The van der Waals surface area contributed by atoms with Crippen molar-refractivity contribution in [2.45, 2.75) is 31.3 Å². The van der Waals surface area contributed by atoms with Crippen LogP contribution in [0.25, 0.3) is 0 Å². The highest BCUT2D eigenvalue weighted by molar-refractivity contribution is 5.97. The molecule has 2 aromatic carbocycles. The fourth-order valence-electron chi connectivity index (χ4n) is 3.26. The van der Waals surface area contributed by atoms with Crippen molar-refractivity contribution in [2.24, 2.45) is 5.73 Å². The SMILES string of the molecule is NC(CNC1CCCN(c2ccccc2)C1=O)Cc1ccccc1O. The van der Waals surface area contributed by atoms with Crippen LogP contribution in [0, 0.1) is 0 Å². The normalized spacial score (nSPS) is 19.0. The first-order valence-electron chi connectivity index (χ1n) is 8.77. The van der Waals surface area contributed by atoms with Crippen molar-refractivity contribution in [1.82, 2.24) is 5.32 Å². The molecule has 4 N–H and O–H groups in total. The number of nitrogens with one attached hydrogen (secondary N) is 1. The Bertz CT molecular complexity index is 705. The zero-order valence-electron chi connectivity index (χ0n) is 14.3. The molecule has 1 fully saturated rings. The van der Waals surface area contributed by atoms with Gasteiger partial charge in [0.1, 0.15) is 5.75 Å². The summed E-state index contributed by atoms with van der Waals surface area (Å²) in [6.07, 6.45) is 2.36. The van der Waals surface area contributed by atoms with Gasteiger partial charge in [0.05, 0.1) is 6.04 Å². The molecule has 1 heterocycles. The molecule has 1 saturated heterocycles. The average Bonchev–Trinajstić information content (AvgIpc) is 2.63. The van der Waals surface area contributed by atoms with E-state index in [9.17, 15) is 9.90 Å². The summed E-state index contributed by atoms with van der Waals surface area (Å²) in [6.45, 7) is 1.29. The number of hydrogen-bond acceptors (Lipinski definition) is 4. The van der Waals surface area contributed by atoms with Crippen molar-refractivity contribution in [1.29, 1.82) is 0 Å². The molecule has 0 radical (unpaired) electrons. The lowest BCUT2D eigenvalue weighted by Gasteiger charge is -2.33. The fraction of sp³-hybridized carbons (Fsp3) is 0.350. The van der Waals surface area contributed by atoms with Crippen molar-refractivity contribution in [3.05, 3.63) is 60.2 Å². The number of phenolic OH excluding ortho intramolecular Hbond substituents is 1. The summed E-state index contributed by atoms with van der Waals surface area (Å²) in [5.74, 6) is 0.370. The van der Waals surface area contributed by atoms with E-state index in [2.05, 4.69) is 5.32 Å². The molecule has 2 aromatic rings. The first kappa shape index (κ1) is 17.5. The van der Waals surface area contributed by atoms with Crippen molar-refractivity contribution < 1.29 is 9.90 Å². The molecule has 2 atom stereocenters. The highest BCUT2D eigenvalue weighted by atomic mass is 16.3. The van der Waals surface area contributed by atoms with Gasteiger partial charge in [0.2, 0.25) is 5.91 Å². The number of benzene rings is 2. The van der Waals surface area contributed by atoms with Crippen LogP contribution in [-0.4, -0.2) is 36.2 Å². The van der Waals surface area contributed by atoms with Gasteiger partial charge < -0.3 is 21.1 Å². The monoisotopic (exact) mass is 339 g/mol. The maximum absolute atomic E-state index is 12.7. The average molecular weight is 339 g/mol. The van der Waals surface area contributed by atoms with Crippen molar-refractivity contribution >= 4 is 11.6 Å². The standard InChI is InChI=1S/C20H25N3O2/c21-16(13-15-7-4-5-11-19(15)24)14-22-18-10-6-12-23(20(18)25)17-8-2-1-3-9-17/h1-5,7-9,11,16,18,22,24H,6,10,12-14,21H2. The van der Waals surface area contributed by atoms with Crippen LogP contribution in [-0.2, 0) is 11.2 Å². The van der Waals surface area contributed by atoms with Crippen molar-refractivity contribution in [3.63, 3.8) is 0 Å². The molecule has 1 aliphatic rings. The van der Waals surface area contributed by atoms with Gasteiger partial charge in [-0.25, -0.2) is 0 Å². The minimum atomic E-state index is -0.204. The summed E-state index contributed by atoms with van der Waals surface area (Å²) in [4.78, 5) is 14.6. The maximum atomic E-state index is 12.7. The number of aromatic hydroxyl groups is 1. The zero-order chi connectivity index (χ0) is 17.6. The minimum absolute atomic E-state index is 0.104.